The van der Waals surface area contributed by atoms with Crippen molar-refractivity contribution in [3.05, 3.63) is 67.6 Å². The second-order valence-electron chi connectivity index (χ2n) is 4.48. The van der Waals surface area contributed by atoms with Gasteiger partial charge in [0.25, 0.3) is 5.56 Å². The lowest BCUT2D eigenvalue weighted by atomic mass is 10.2. The minimum atomic E-state index is -0.268. The van der Waals surface area contributed by atoms with Gasteiger partial charge in [-0.25, -0.2) is 4.98 Å². The maximum Gasteiger partial charge on any atom is 0.281 e. The smallest absolute Gasteiger partial charge is 0.281 e. The molecule has 3 rings (SSSR count). The van der Waals surface area contributed by atoms with E-state index in [1.807, 2.05) is 6.07 Å². The Bertz CT molecular complexity index is 951. The standard InChI is InChI=1S/C15H9Br2N3O2/c16-10-5-9(14(21)12(17)6-10)7-19-20-8-18-13-4-2-1-3-11(13)15(20)22/h1-8,21H/b19-7+. The molecule has 0 amide bonds. The average molecular weight is 423 g/mol. The first kappa shape index (κ1) is 14.9. The van der Waals surface area contributed by atoms with Gasteiger partial charge in [-0.3, -0.25) is 4.79 Å². The Morgan fingerprint density at radius 1 is 1.23 bits per heavy atom. The van der Waals surface area contributed by atoms with Gasteiger partial charge in [0.1, 0.15) is 12.1 Å². The van der Waals surface area contributed by atoms with Crippen molar-refractivity contribution in [1.29, 1.82) is 0 Å². The number of aromatic nitrogens is 2. The fourth-order valence-corrected chi connectivity index (χ4v) is 3.21. The monoisotopic (exact) mass is 421 g/mol. The first-order valence-electron chi connectivity index (χ1n) is 6.25. The van der Waals surface area contributed by atoms with Crippen molar-refractivity contribution in [3.63, 3.8) is 0 Å². The third-order valence-electron chi connectivity index (χ3n) is 3.03. The van der Waals surface area contributed by atoms with E-state index in [-0.39, 0.29) is 11.3 Å². The molecule has 5 nitrogen and oxygen atoms in total. The van der Waals surface area contributed by atoms with Gasteiger partial charge in [-0.15, -0.1) is 0 Å². The molecule has 0 bridgehead atoms. The maximum atomic E-state index is 12.3. The number of benzene rings is 2. The Morgan fingerprint density at radius 2 is 2.00 bits per heavy atom. The summed E-state index contributed by atoms with van der Waals surface area (Å²) in [6.07, 6.45) is 2.76. The lowest BCUT2D eigenvalue weighted by Gasteiger charge is -2.03. The third kappa shape index (κ3) is 2.82. The molecular weight excluding hydrogens is 414 g/mol. The summed E-state index contributed by atoms with van der Waals surface area (Å²) in [7, 11) is 0. The molecule has 1 heterocycles. The molecule has 2 aromatic carbocycles. The number of rotatable bonds is 2. The summed E-state index contributed by atoms with van der Waals surface area (Å²) in [6, 6.07) is 10.5. The number of phenols is 1. The van der Waals surface area contributed by atoms with Crippen LogP contribution in [0.2, 0.25) is 0 Å². The molecule has 0 atom stereocenters. The zero-order valence-corrected chi connectivity index (χ0v) is 14.2. The van der Waals surface area contributed by atoms with Crippen LogP contribution in [-0.4, -0.2) is 21.0 Å². The molecule has 0 aliphatic heterocycles. The molecule has 0 saturated heterocycles. The van der Waals surface area contributed by atoms with Crippen LogP contribution in [0.25, 0.3) is 10.9 Å². The summed E-state index contributed by atoms with van der Waals surface area (Å²) in [4.78, 5) is 16.5. The molecule has 0 unspecified atom stereocenters. The summed E-state index contributed by atoms with van der Waals surface area (Å²) < 4.78 is 2.45. The van der Waals surface area contributed by atoms with Gasteiger partial charge in [-0.05, 0) is 40.2 Å². The molecule has 0 radical (unpaired) electrons. The molecule has 1 N–H and O–H groups in total. The maximum absolute atomic E-state index is 12.3. The minimum absolute atomic E-state index is 0.0498. The lowest BCUT2D eigenvalue weighted by molar-refractivity contribution is 0.471. The molecule has 0 aliphatic rings. The number of aromatic hydroxyl groups is 1. The molecule has 0 fully saturated rings. The Balaban J connectivity index is 2.07. The predicted octanol–water partition coefficient (Wildman–Crippen LogP) is 3.51. The lowest BCUT2D eigenvalue weighted by Crippen LogP contribution is -2.16. The second kappa shape index (κ2) is 6.02. The second-order valence-corrected chi connectivity index (χ2v) is 6.25. The van der Waals surface area contributed by atoms with Crippen LogP contribution in [-0.2, 0) is 0 Å². The number of phenolic OH excluding ortho intramolecular Hbond substituents is 1. The summed E-state index contributed by atoms with van der Waals surface area (Å²) in [5.74, 6) is 0.0498. The molecule has 22 heavy (non-hydrogen) atoms. The zero-order chi connectivity index (χ0) is 15.7. The van der Waals surface area contributed by atoms with Crippen molar-refractivity contribution in [2.75, 3.05) is 0 Å². The van der Waals surface area contributed by atoms with Crippen molar-refractivity contribution in [2.45, 2.75) is 0 Å². The van der Waals surface area contributed by atoms with E-state index in [0.717, 1.165) is 9.15 Å². The molecule has 7 heteroatoms. The Kier molecular flexibility index (Phi) is 4.08. The van der Waals surface area contributed by atoms with Gasteiger partial charge in [-0.1, -0.05) is 28.1 Å². The fraction of sp³-hybridized carbons (Fsp3) is 0. The highest BCUT2D eigenvalue weighted by Gasteiger charge is 2.06. The fourth-order valence-electron chi connectivity index (χ4n) is 1.95. The van der Waals surface area contributed by atoms with E-state index in [1.54, 1.807) is 30.3 Å². The highest BCUT2D eigenvalue weighted by atomic mass is 79.9. The molecule has 0 aliphatic carbocycles. The minimum Gasteiger partial charge on any atom is -0.506 e. The van der Waals surface area contributed by atoms with Crippen LogP contribution in [0.3, 0.4) is 0 Å². The van der Waals surface area contributed by atoms with E-state index < -0.39 is 0 Å². The van der Waals surface area contributed by atoms with E-state index in [9.17, 15) is 9.90 Å². The third-order valence-corrected chi connectivity index (χ3v) is 4.09. The number of hydrogen-bond acceptors (Lipinski definition) is 4. The summed E-state index contributed by atoms with van der Waals surface area (Å²) in [5.41, 5.74) is 0.823. The molecule has 0 spiro atoms. The Hall–Kier alpha value is -1.99. The quantitative estimate of drug-likeness (QED) is 0.642. The van der Waals surface area contributed by atoms with Crippen LogP contribution in [0.1, 0.15) is 5.56 Å². The van der Waals surface area contributed by atoms with Gasteiger partial charge in [0.05, 0.1) is 21.6 Å². The van der Waals surface area contributed by atoms with E-state index in [2.05, 4.69) is 41.9 Å². The van der Waals surface area contributed by atoms with Crippen molar-refractivity contribution < 1.29 is 5.11 Å². The van der Waals surface area contributed by atoms with Gasteiger partial charge in [0.15, 0.2) is 0 Å². The van der Waals surface area contributed by atoms with Gasteiger partial charge in [0.2, 0.25) is 0 Å². The number of fused-ring (bicyclic) bond motifs is 1. The summed E-state index contributed by atoms with van der Waals surface area (Å²) >= 11 is 6.58. The van der Waals surface area contributed by atoms with Crippen LogP contribution in [0, 0.1) is 0 Å². The largest absolute Gasteiger partial charge is 0.506 e. The molecule has 1 aromatic heterocycles. The molecular formula is C15H9Br2N3O2. The average Bonchev–Trinajstić information content (AvgIpc) is 2.51. The van der Waals surface area contributed by atoms with Crippen LogP contribution < -0.4 is 5.56 Å². The number of hydrogen-bond donors (Lipinski definition) is 1. The van der Waals surface area contributed by atoms with Gasteiger partial charge >= 0.3 is 0 Å². The first-order chi connectivity index (χ1) is 10.6. The van der Waals surface area contributed by atoms with Crippen molar-refractivity contribution in [3.8, 4) is 5.75 Å². The number of halogens is 2. The van der Waals surface area contributed by atoms with Crippen LogP contribution in [0.5, 0.6) is 5.75 Å². The highest BCUT2D eigenvalue weighted by molar-refractivity contribution is 9.11. The summed E-state index contributed by atoms with van der Waals surface area (Å²) in [5, 5.41) is 14.6. The van der Waals surface area contributed by atoms with E-state index in [4.69, 9.17) is 0 Å². The van der Waals surface area contributed by atoms with Gasteiger partial charge < -0.3 is 5.11 Å². The van der Waals surface area contributed by atoms with Crippen molar-refractivity contribution >= 4 is 49.0 Å². The van der Waals surface area contributed by atoms with E-state index in [0.29, 0.717) is 20.9 Å². The SMILES string of the molecule is O=c1c2ccccc2ncn1/N=C/c1cc(Br)cc(Br)c1O. The van der Waals surface area contributed by atoms with E-state index >= 15 is 0 Å². The highest BCUT2D eigenvalue weighted by Crippen LogP contribution is 2.30. The molecule has 3 aromatic rings. The van der Waals surface area contributed by atoms with Gasteiger partial charge in [0, 0.05) is 10.0 Å². The zero-order valence-electron chi connectivity index (χ0n) is 11.1. The van der Waals surface area contributed by atoms with Gasteiger partial charge in [-0.2, -0.15) is 9.78 Å². The Labute approximate surface area is 142 Å². The van der Waals surface area contributed by atoms with Crippen LogP contribution in [0.15, 0.2) is 61.6 Å². The topological polar surface area (TPSA) is 67.5 Å². The number of para-hydroxylation sites is 1. The number of nitrogens with zero attached hydrogens (tertiary/aromatic N) is 3. The predicted molar refractivity (Wildman–Crippen MR) is 92.5 cm³/mol. The van der Waals surface area contributed by atoms with E-state index in [1.165, 1.54) is 12.5 Å². The normalized spacial score (nSPS) is 11.4. The molecule has 110 valence electrons. The molecule has 0 saturated carbocycles. The van der Waals surface area contributed by atoms with Crippen LogP contribution in [0.4, 0.5) is 0 Å². The first-order valence-corrected chi connectivity index (χ1v) is 7.83. The Morgan fingerprint density at radius 3 is 2.82 bits per heavy atom. The van der Waals surface area contributed by atoms with Crippen molar-refractivity contribution in [2.24, 2.45) is 5.10 Å². The summed E-state index contributed by atoms with van der Waals surface area (Å²) in [6.45, 7) is 0. The van der Waals surface area contributed by atoms with Crippen LogP contribution >= 0.6 is 31.9 Å². The van der Waals surface area contributed by atoms with Crippen molar-refractivity contribution in [1.82, 2.24) is 9.66 Å².